The van der Waals surface area contributed by atoms with Gasteiger partial charge in [0.25, 0.3) is 0 Å². The maximum atomic E-state index is 5.60. The Balaban J connectivity index is 0.000000165. The van der Waals surface area contributed by atoms with Crippen molar-refractivity contribution in [3.8, 4) is 0 Å². The van der Waals surface area contributed by atoms with Crippen molar-refractivity contribution in [1.29, 1.82) is 0 Å². The maximum Gasteiger partial charge on any atom is 0.0607 e. The summed E-state index contributed by atoms with van der Waals surface area (Å²) in [4.78, 5) is 0. The van der Waals surface area contributed by atoms with Gasteiger partial charge in [-0.2, -0.15) is 0 Å². The summed E-state index contributed by atoms with van der Waals surface area (Å²) in [5.41, 5.74) is 0. The molecule has 16 heavy (non-hydrogen) atoms. The molecule has 2 rings (SSSR count). The summed E-state index contributed by atoms with van der Waals surface area (Å²) >= 11 is 22.3. The fraction of sp³-hybridized carbons (Fsp3) is 0. The third-order valence-corrected chi connectivity index (χ3v) is 2.84. The summed E-state index contributed by atoms with van der Waals surface area (Å²) in [6.45, 7) is 0. The van der Waals surface area contributed by atoms with Gasteiger partial charge in [0.2, 0.25) is 0 Å². The molecule has 0 atom stereocenters. The molecule has 0 nitrogen and oxygen atoms in total. The van der Waals surface area contributed by atoms with Gasteiger partial charge < -0.3 is 0 Å². The van der Waals surface area contributed by atoms with Gasteiger partial charge in [-0.3, -0.25) is 0 Å². The lowest BCUT2D eigenvalue weighted by Gasteiger charge is -1.92. The smallest absolute Gasteiger partial charge is 0.0607 e. The number of benzene rings is 2. The van der Waals surface area contributed by atoms with Crippen LogP contribution in [0.2, 0.25) is 20.1 Å². The summed E-state index contributed by atoms with van der Waals surface area (Å²) in [5, 5.41) is 2.41. The number of rotatable bonds is 0. The van der Waals surface area contributed by atoms with E-state index in [0.29, 0.717) is 15.1 Å². The second-order valence-electron chi connectivity index (χ2n) is 2.85. The van der Waals surface area contributed by atoms with Gasteiger partial charge in [-0.1, -0.05) is 64.6 Å². The molecule has 0 aliphatic carbocycles. The van der Waals surface area contributed by atoms with Crippen molar-refractivity contribution >= 4 is 46.4 Å². The Kier molecular flexibility index (Phi) is 6.00. The lowest BCUT2D eigenvalue weighted by atomic mass is 10.4. The predicted molar refractivity (Wildman–Crippen MR) is 72.9 cm³/mol. The van der Waals surface area contributed by atoms with Gasteiger partial charge in [-0.25, -0.2) is 0 Å². The van der Waals surface area contributed by atoms with Crippen LogP contribution in [0.5, 0.6) is 0 Å². The highest BCUT2D eigenvalue weighted by Gasteiger charge is 1.94. The lowest BCUT2D eigenvalue weighted by Crippen LogP contribution is -1.66. The zero-order chi connectivity index (χ0) is 12.0. The summed E-state index contributed by atoms with van der Waals surface area (Å²) in [5.74, 6) is 0. The summed E-state index contributed by atoms with van der Waals surface area (Å²) in [6, 6.07) is 14.4. The molecular formula is C12H8Cl4. The van der Waals surface area contributed by atoms with E-state index in [9.17, 15) is 0 Å². The van der Waals surface area contributed by atoms with Crippen LogP contribution < -0.4 is 0 Å². The van der Waals surface area contributed by atoms with Crippen molar-refractivity contribution in [2.75, 3.05) is 0 Å². The van der Waals surface area contributed by atoms with E-state index >= 15 is 0 Å². The largest absolute Gasteiger partial charge is 0.0843 e. The quantitative estimate of drug-likeness (QED) is 0.524. The molecule has 84 valence electrons. The van der Waals surface area contributed by atoms with Crippen molar-refractivity contribution < 1.29 is 0 Å². The first-order valence-corrected chi connectivity index (χ1v) is 5.92. The third kappa shape index (κ3) is 5.09. The highest BCUT2D eigenvalue weighted by atomic mass is 35.5. The summed E-state index contributed by atoms with van der Waals surface area (Å²) in [6.07, 6.45) is 0. The van der Waals surface area contributed by atoms with E-state index in [1.54, 1.807) is 18.2 Å². The molecule has 0 saturated heterocycles. The van der Waals surface area contributed by atoms with Gasteiger partial charge >= 0.3 is 0 Å². The minimum atomic E-state index is 0.490. The van der Waals surface area contributed by atoms with Crippen molar-refractivity contribution in [3.05, 3.63) is 68.6 Å². The van der Waals surface area contributed by atoms with Crippen LogP contribution in [0.25, 0.3) is 0 Å². The molecule has 0 N–H and O–H groups in total. The normalized spacial score (nSPS) is 9.25. The Morgan fingerprint density at radius 2 is 1.19 bits per heavy atom. The van der Waals surface area contributed by atoms with Crippen molar-refractivity contribution in [3.63, 3.8) is 0 Å². The van der Waals surface area contributed by atoms with Gasteiger partial charge in [0.15, 0.2) is 0 Å². The standard InChI is InChI=1S/C6H3Cl3.C6H5Cl/c7-4-1-2-5(8)6(9)3-4;7-6-4-2-1-3-5-6/h1-3H;1-5H. The lowest BCUT2D eigenvalue weighted by molar-refractivity contribution is 1.70. The van der Waals surface area contributed by atoms with E-state index in [1.807, 2.05) is 30.3 Å². The number of hydrogen-bond acceptors (Lipinski definition) is 0. The molecule has 0 amide bonds. The predicted octanol–water partition coefficient (Wildman–Crippen LogP) is 5.99. The Morgan fingerprint density at radius 3 is 1.56 bits per heavy atom. The van der Waals surface area contributed by atoms with Crippen LogP contribution in [-0.4, -0.2) is 0 Å². The molecule has 0 heterocycles. The molecule has 0 saturated carbocycles. The Morgan fingerprint density at radius 1 is 0.562 bits per heavy atom. The van der Waals surface area contributed by atoms with Crippen molar-refractivity contribution in [2.45, 2.75) is 0 Å². The van der Waals surface area contributed by atoms with E-state index in [1.165, 1.54) is 0 Å². The Labute approximate surface area is 115 Å². The second-order valence-corrected chi connectivity index (χ2v) is 4.54. The Hall–Kier alpha value is -0.400. The highest BCUT2D eigenvalue weighted by Crippen LogP contribution is 2.24. The number of hydrogen-bond donors (Lipinski definition) is 0. The fourth-order valence-corrected chi connectivity index (χ4v) is 1.56. The molecule has 0 unspecified atom stereocenters. The highest BCUT2D eigenvalue weighted by molar-refractivity contribution is 6.43. The van der Waals surface area contributed by atoms with Gasteiger partial charge in [0.05, 0.1) is 10.0 Å². The Bertz CT molecular complexity index is 440. The average Bonchev–Trinajstić information content (AvgIpc) is 2.26. The first-order valence-electron chi connectivity index (χ1n) is 4.40. The van der Waals surface area contributed by atoms with Crippen LogP contribution in [0.3, 0.4) is 0 Å². The van der Waals surface area contributed by atoms with Crippen LogP contribution in [0, 0.1) is 0 Å². The third-order valence-electron chi connectivity index (χ3n) is 1.61. The van der Waals surface area contributed by atoms with E-state index in [0.717, 1.165) is 5.02 Å². The molecule has 0 aliphatic heterocycles. The molecule has 0 aliphatic rings. The minimum Gasteiger partial charge on any atom is -0.0843 e. The van der Waals surface area contributed by atoms with E-state index < -0.39 is 0 Å². The van der Waals surface area contributed by atoms with Crippen LogP contribution in [0.1, 0.15) is 0 Å². The van der Waals surface area contributed by atoms with Crippen molar-refractivity contribution in [1.82, 2.24) is 0 Å². The van der Waals surface area contributed by atoms with Crippen LogP contribution >= 0.6 is 46.4 Å². The van der Waals surface area contributed by atoms with E-state index in [2.05, 4.69) is 0 Å². The molecule has 0 bridgehead atoms. The van der Waals surface area contributed by atoms with Gasteiger partial charge in [0.1, 0.15) is 0 Å². The zero-order valence-corrected chi connectivity index (χ0v) is 11.2. The number of halogens is 4. The average molecular weight is 294 g/mol. The first kappa shape index (κ1) is 13.7. The van der Waals surface area contributed by atoms with Crippen molar-refractivity contribution in [2.24, 2.45) is 0 Å². The molecule has 0 radical (unpaired) electrons. The molecule has 4 heteroatoms. The van der Waals surface area contributed by atoms with Crippen LogP contribution in [0.15, 0.2) is 48.5 Å². The van der Waals surface area contributed by atoms with Gasteiger partial charge in [0, 0.05) is 10.0 Å². The molecule has 0 spiro atoms. The van der Waals surface area contributed by atoms with Gasteiger partial charge in [-0.15, -0.1) is 0 Å². The molecule has 0 aromatic heterocycles. The van der Waals surface area contributed by atoms with E-state index in [-0.39, 0.29) is 0 Å². The fourth-order valence-electron chi connectivity index (χ4n) is 0.885. The molecule has 2 aromatic rings. The van der Waals surface area contributed by atoms with Crippen LogP contribution in [0.4, 0.5) is 0 Å². The second kappa shape index (κ2) is 7.03. The zero-order valence-electron chi connectivity index (χ0n) is 8.13. The van der Waals surface area contributed by atoms with Gasteiger partial charge in [-0.05, 0) is 30.3 Å². The monoisotopic (exact) mass is 292 g/mol. The topological polar surface area (TPSA) is 0 Å². The SMILES string of the molecule is Clc1ccc(Cl)c(Cl)c1.Clc1ccccc1. The van der Waals surface area contributed by atoms with E-state index in [4.69, 9.17) is 46.4 Å². The molecule has 2 aromatic carbocycles. The first-order chi connectivity index (χ1) is 7.59. The molecule has 0 fully saturated rings. The van der Waals surface area contributed by atoms with Crippen LogP contribution in [-0.2, 0) is 0 Å². The summed E-state index contributed by atoms with van der Waals surface area (Å²) < 4.78 is 0. The molecular weight excluding hydrogens is 286 g/mol. The minimum absolute atomic E-state index is 0.490. The summed E-state index contributed by atoms with van der Waals surface area (Å²) in [7, 11) is 0. The maximum absolute atomic E-state index is 5.60.